The molecular formula is C22H17ClN2O4. The predicted molar refractivity (Wildman–Crippen MR) is 112 cm³/mol. The van der Waals surface area contributed by atoms with E-state index >= 15 is 0 Å². The Hall–Kier alpha value is -3.64. The monoisotopic (exact) mass is 408 g/mol. The molecular weight excluding hydrogens is 392 g/mol. The molecule has 0 radical (unpaired) electrons. The molecule has 3 aromatic rings. The number of halogens is 1. The highest BCUT2D eigenvalue weighted by molar-refractivity contribution is 6.30. The van der Waals surface area contributed by atoms with E-state index in [2.05, 4.69) is 10.6 Å². The molecule has 0 saturated heterocycles. The first-order valence-corrected chi connectivity index (χ1v) is 9.07. The third-order valence-corrected chi connectivity index (χ3v) is 4.33. The number of carboxylic acids is 1. The Labute approximate surface area is 172 Å². The summed E-state index contributed by atoms with van der Waals surface area (Å²) in [4.78, 5) is 35.6. The average molecular weight is 409 g/mol. The van der Waals surface area contributed by atoms with Crippen molar-refractivity contribution in [3.05, 3.63) is 94.5 Å². The zero-order valence-corrected chi connectivity index (χ0v) is 15.9. The largest absolute Gasteiger partial charge is 0.478 e. The van der Waals surface area contributed by atoms with E-state index in [1.807, 2.05) is 0 Å². The topological polar surface area (TPSA) is 95.5 Å². The summed E-state index contributed by atoms with van der Waals surface area (Å²) >= 11 is 5.84. The number of anilines is 2. The summed E-state index contributed by atoms with van der Waals surface area (Å²) in [7, 11) is 0. The van der Waals surface area contributed by atoms with Crippen molar-refractivity contribution in [2.24, 2.45) is 0 Å². The number of amides is 2. The van der Waals surface area contributed by atoms with Gasteiger partial charge in [0.2, 0.25) is 5.91 Å². The summed E-state index contributed by atoms with van der Waals surface area (Å²) < 4.78 is 0. The fraction of sp³-hybridized carbons (Fsp3) is 0.0455. The van der Waals surface area contributed by atoms with Gasteiger partial charge in [0.05, 0.1) is 12.0 Å². The van der Waals surface area contributed by atoms with Gasteiger partial charge in [0.1, 0.15) is 0 Å². The van der Waals surface area contributed by atoms with Crippen LogP contribution in [0.25, 0.3) is 0 Å². The van der Waals surface area contributed by atoms with Crippen molar-refractivity contribution in [1.29, 1.82) is 0 Å². The minimum atomic E-state index is -1.04. The molecule has 0 aliphatic rings. The predicted octanol–water partition coefficient (Wildman–Crippen LogP) is 4.47. The molecule has 0 spiro atoms. The van der Waals surface area contributed by atoms with E-state index in [-0.39, 0.29) is 23.8 Å². The second-order valence-electron chi connectivity index (χ2n) is 6.27. The molecule has 0 aliphatic heterocycles. The molecule has 3 rings (SSSR count). The Balaban J connectivity index is 1.63. The second kappa shape index (κ2) is 9.03. The highest BCUT2D eigenvalue weighted by Gasteiger charge is 2.10. The van der Waals surface area contributed by atoms with Gasteiger partial charge in [0.15, 0.2) is 0 Å². The molecule has 0 heterocycles. The maximum atomic E-state index is 12.4. The third kappa shape index (κ3) is 5.67. The van der Waals surface area contributed by atoms with Crippen LogP contribution in [0.2, 0.25) is 5.02 Å². The van der Waals surface area contributed by atoms with Gasteiger partial charge in [-0.2, -0.15) is 0 Å². The van der Waals surface area contributed by atoms with E-state index in [1.54, 1.807) is 48.5 Å². The highest BCUT2D eigenvalue weighted by atomic mass is 35.5. The van der Waals surface area contributed by atoms with Crippen molar-refractivity contribution in [3.8, 4) is 0 Å². The molecule has 0 aliphatic carbocycles. The quantitative estimate of drug-likeness (QED) is 0.560. The lowest BCUT2D eigenvalue weighted by Gasteiger charge is -2.09. The van der Waals surface area contributed by atoms with Crippen LogP contribution in [0.1, 0.15) is 26.3 Å². The SMILES string of the molecule is O=C(Cc1ccc(Cl)cc1)Nc1cccc(C(=O)Nc2ccc(C(=O)O)cc2)c1. The van der Waals surface area contributed by atoms with Gasteiger partial charge in [0.25, 0.3) is 5.91 Å². The normalized spacial score (nSPS) is 10.2. The molecule has 29 heavy (non-hydrogen) atoms. The number of carbonyl (C=O) groups excluding carboxylic acids is 2. The van der Waals surface area contributed by atoms with Gasteiger partial charge >= 0.3 is 5.97 Å². The van der Waals surface area contributed by atoms with Crippen molar-refractivity contribution in [2.45, 2.75) is 6.42 Å². The minimum absolute atomic E-state index is 0.133. The molecule has 0 unspecified atom stereocenters. The zero-order valence-electron chi connectivity index (χ0n) is 15.2. The first-order valence-electron chi connectivity index (χ1n) is 8.70. The smallest absolute Gasteiger partial charge is 0.335 e. The lowest BCUT2D eigenvalue weighted by atomic mass is 10.1. The zero-order chi connectivity index (χ0) is 20.8. The summed E-state index contributed by atoms with van der Waals surface area (Å²) in [6, 6.07) is 19.4. The van der Waals surface area contributed by atoms with Gasteiger partial charge < -0.3 is 15.7 Å². The molecule has 3 N–H and O–H groups in total. The summed E-state index contributed by atoms with van der Waals surface area (Å²) in [6.07, 6.45) is 0.184. The van der Waals surface area contributed by atoms with Crippen molar-refractivity contribution in [2.75, 3.05) is 10.6 Å². The van der Waals surface area contributed by atoms with E-state index in [1.165, 1.54) is 24.3 Å². The van der Waals surface area contributed by atoms with E-state index in [9.17, 15) is 14.4 Å². The Morgan fingerprint density at radius 2 is 1.48 bits per heavy atom. The molecule has 0 aromatic heterocycles. The summed E-state index contributed by atoms with van der Waals surface area (Å²) in [5, 5.41) is 15.0. The van der Waals surface area contributed by atoms with Crippen LogP contribution in [0.4, 0.5) is 11.4 Å². The number of nitrogens with one attached hydrogen (secondary N) is 2. The first-order chi connectivity index (χ1) is 13.9. The van der Waals surface area contributed by atoms with Gasteiger partial charge in [0, 0.05) is 22.0 Å². The molecule has 146 valence electrons. The summed E-state index contributed by atoms with van der Waals surface area (Å²) in [6.45, 7) is 0. The molecule has 3 aromatic carbocycles. The molecule has 0 saturated carbocycles. The van der Waals surface area contributed by atoms with Gasteiger partial charge in [-0.25, -0.2) is 4.79 Å². The van der Waals surface area contributed by atoms with Crippen molar-refractivity contribution in [3.63, 3.8) is 0 Å². The fourth-order valence-corrected chi connectivity index (χ4v) is 2.76. The molecule has 0 fully saturated rings. The lowest BCUT2D eigenvalue weighted by molar-refractivity contribution is -0.115. The number of hydrogen-bond acceptors (Lipinski definition) is 3. The van der Waals surface area contributed by atoms with Crippen molar-refractivity contribution in [1.82, 2.24) is 0 Å². The molecule has 6 nitrogen and oxygen atoms in total. The van der Waals surface area contributed by atoms with E-state index in [0.29, 0.717) is 22.0 Å². The number of carboxylic acid groups (broad SMARTS) is 1. The molecule has 7 heteroatoms. The van der Waals surface area contributed by atoms with Crippen molar-refractivity contribution < 1.29 is 19.5 Å². The maximum absolute atomic E-state index is 12.4. The average Bonchev–Trinajstić information content (AvgIpc) is 2.70. The number of rotatable bonds is 6. The van der Waals surface area contributed by atoms with Crippen LogP contribution in [0, 0.1) is 0 Å². The Bertz CT molecular complexity index is 1050. The van der Waals surface area contributed by atoms with Gasteiger partial charge in [-0.3, -0.25) is 9.59 Å². The van der Waals surface area contributed by atoms with Crippen LogP contribution in [-0.2, 0) is 11.2 Å². The number of benzene rings is 3. The summed E-state index contributed by atoms with van der Waals surface area (Å²) in [5.41, 5.74) is 2.28. The number of aromatic carboxylic acids is 1. The third-order valence-electron chi connectivity index (χ3n) is 4.08. The minimum Gasteiger partial charge on any atom is -0.478 e. The van der Waals surface area contributed by atoms with Gasteiger partial charge in [-0.05, 0) is 60.2 Å². The van der Waals surface area contributed by atoms with Crippen LogP contribution in [0.3, 0.4) is 0 Å². The van der Waals surface area contributed by atoms with Crippen LogP contribution in [0.15, 0.2) is 72.8 Å². The van der Waals surface area contributed by atoms with Gasteiger partial charge in [-0.1, -0.05) is 29.8 Å². The Morgan fingerprint density at radius 3 is 2.14 bits per heavy atom. The van der Waals surface area contributed by atoms with E-state index < -0.39 is 5.97 Å². The van der Waals surface area contributed by atoms with Crippen LogP contribution >= 0.6 is 11.6 Å². The fourth-order valence-electron chi connectivity index (χ4n) is 2.63. The van der Waals surface area contributed by atoms with Crippen LogP contribution < -0.4 is 10.6 Å². The Morgan fingerprint density at radius 1 is 0.793 bits per heavy atom. The van der Waals surface area contributed by atoms with Gasteiger partial charge in [-0.15, -0.1) is 0 Å². The second-order valence-corrected chi connectivity index (χ2v) is 6.71. The van der Waals surface area contributed by atoms with Crippen molar-refractivity contribution >= 4 is 40.8 Å². The highest BCUT2D eigenvalue weighted by Crippen LogP contribution is 2.16. The van der Waals surface area contributed by atoms with E-state index in [0.717, 1.165) is 5.56 Å². The molecule has 0 atom stereocenters. The number of hydrogen-bond donors (Lipinski definition) is 3. The standard InChI is InChI=1S/C22H17ClN2O4/c23-17-8-4-14(5-9-17)12-20(26)24-19-3-1-2-16(13-19)21(27)25-18-10-6-15(7-11-18)22(28)29/h1-11,13H,12H2,(H,24,26)(H,25,27)(H,28,29). The maximum Gasteiger partial charge on any atom is 0.335 e. The first kappa shape index (κ1) is 20.1. The van der Waals surface area contributed by atoms with Crippen LogP contribution in [0.5, 0.6) is 0 Å². The molecule has 0 bridgehead atoms. The Kier molecular flexibility index (Phi) is 6.26. The molecule has 2 amide bonds. The van der Waals surface area contributed by atoms with Crippen LogP contribution in [-0.4, -0.2) is 22.9 Å². The summed E-state index contributed by atoms with van der Waals surface area (Å²) in [5.74, 6) is -1.62. The number of carbonyl (C=O) groups is 3. The lowest BCUT2D eigenvalue weighted by Crippen LogP contribution is -2.16. The van der Waals surface area contributed by atoms with E-state index in [4.69, 9.17) is 16.7 Å².